The lowest BCUT2D eigenvalue weighted by Gasteiger charge is -2.14. The molecule has 4 heterocycles. The Kier molecular flexibility index (Phi) is 24.7. The fourth-order valence-corrected chi connectivity index (χ4v) is 24.5. The summed E-state index contributed by atoms with van der Waals surface area (Å²) < 4.78 is 12.2. The van der Waals surface area contributed by atoms with E-state index in [-0.39, 0.29) is 0 Å². The third-order valence-electron chi connectivity index (χ3n) is 29.9. The molecule has 3 aliphatic carbocycles. The maximum absolute atomic E-state index is 9.16. The molecule has 9 heteroatoms. The lowest BCUT2D eigenvalue weighted by atomic mass is 9.79. The quantitative estimate of drug-likeness (QED) is 0.120. The van der Waals surface area contributed by atoms with E-state index in [0.29, 0.717) is 5.46 Å². The van der Waals surface area contributed by atoms with Gasteiger partial charge in [-0.3, -0.25) is 0 Å². The molecule has 0 atom stereocenters. The fraction of sp³-hybridized carbons (Fsp3) is 0.0213. The molecule has 30 rings (SSSR count). The molecule has 0 amide bonds. The molecule has 710 valence electrons. The average molecular weight is 2070 g/mol. The van der Waals surface area contributed by atoms with Crippen LogP contribution in [0.25, 0.3) is 225 Å². The first kappa shape index (κ1) is 92.5. The second-order valence-electron chi connectivity index (χ2n) is 39.0. The summed E-state index contributed by atoms with van der Waals surface area (Å²) in [5, 5.41) is 28.6. The summed E-state index contributed by atoms with van der Waals surface area (Å²) in [6.45, 7) is 0. The lowest BCUT2D eigenvalue weighted by molar-refractivity contribution is 0.426. The van der Waals surface area contributed by atoms with Crippen molar-refractivity contribution in [1.82, 2.24) is 13.7 Å². The smallest absolute Gasteiger partial charge is 0.423 e. The molecule has 0 aliphatic heterocycles. The van der Waals surface area contributed by atoms with Crippen molar-refractivity contribution in [2.75, 3.05) is 0 Å². The largest absolute Gasteiger partial charge is 0.488 e. The highest BCUT2D eigenvalue weighted by molar-refractivity contribution is 9.10. The van der Waals surface area contributed by atoms with Crippen LogP contribution < -0.4 is 5.46 Å². The van der Waals surface area contributed by atoms with Crippen LogP contribution >= 0.6 is 43.2 Å². The maximum atomic E-state index is 9.16. The number of thiophene rings is 1. The summed E-state index contributed by atoms with van der Waals surface area (Å²) in [4.78, 5) is 0. The molecule has 23 aromatic carbocycles. The van der Waals surface area contributed by atoms with Crippen molar-refractivity contribution < 1.29 is 10.0 Å². The van der Waals surface area contributed by atoms with Gasteiger partial charge in [0, 0.05) is 78.5 Å². The first-order valence-corrected chi connectivity index (χ1v) is 53.5. The number of benzene rings is 23. The first-order valence-electron chi connectivity index (χ1n) is 51.1. The zero-order valence-corrected chi connectivity index (χ0v) is 85.9. The molecule has 3 aliphatic rings. The van der Waals surface area contributed by atoms with Crippen LogP contribution in [0.4, 0.5) is 0 Å². The molecule has 0 spiro atoms. The predicted molar refractivity (Wildman–Crippen MR) is 642 cm³/mol. The van der Waals surface area contributed by atoms with Crippen LogP contribution in [-0.2, 0) is 19.3 Å². The van der Waals surface area contributed by atoms with E-state index < -0.39 is 7.12 Å². The van der Waals surface area contributed by atoms with Crippen LogP contribution in [0, 0.1) is 0 Å². The topological polar surface area (TPSA) is 55.2 Å². The summed E-state index contributed by atoms with van der Waals surface area (Å²) >= 11 is 9.02. The highest BCUT2D eigenvalue weighted by Crippen LogP contribution is 2.48. The van der Waals surface area contributed by atoms with E-state index in [1.807, 2.05) is 35.6 Å². The molecule has 0 unspecified atom stereocenters. The van der Waals surface area contributed by atoms with Crippen LogP contribution in [0.15, 0.2) is 543 Å². The van der Waals surface area contributed by atoms with Gasteiger partial charge in [-0.1, -0.05) is 414 Å². The highest BCUT2D eigenvalue weighted by Gasteiger charge is 2.27. The molecule has 2 N–H and O–H groups in total. The van der Waals surface area contributed by atoms with E-state index in [4.69, 9.17) is 10.0 Å². The van der Waals surface area contributed by atoms with Crippen LogP contribution in [-0.4, -0.2) is 30.9 Å². The average Bonchev–Trinajstić information content (AvgIpc) is 1.59. The van der Waals surface area contributed by atoms with E-state index in [1.165, 1.54) is 253 Å². The Morgan fingerprint density at radius 2 is 0.433 bits per heavy atom. The summed E-state index contributed by atoms with van der Waals surface area (Å²) in [6.07, 6.45) is 2.98. The molecular weight excluding hydrogens is 1970 g/mol. The van der Waals surface area contributed by atoms with Gasteiger partial charge in [0.15, 0.2) is 0 Å². The van der Waals surface area contributed by atoms with Gasteiger partial charge in [0.1, 0.15) is 0 Å². The number of para-hydroxylation sites is 3. The van der Waals surface area contributed by atoms with Gasteiger partial charge in [-0.15, -0.1) is 11.3 Å². The number of hydrogen-bond donors (Lipinski definition) is 2. The van der Waals surface area contributed by atoms with Crippen molar-refractivity contribution in [2.24, 2.45) is 0 Å². The number of halogens is 2. The number of aromatic nitrogens is 3. The molecule has 0 radical (unpaired) electrons. The minimum absolute atomic E-state index is 0.551. The Morgan fingerprint density at radius 1 is 0.173 bits per heavy atom. The van der Waals surface area contributed by atoms with Crippen molar-refractivity contribution in [3.63, 3.8) is 0 Å². The van der Waals surface area contributed by atoms with Gasteiger partial charge in [0.05, 0.1) is 33.1 Å². The molecule has 150 heavy (non-hydrogen) atoms. The second-order valence-corrected chi connectivity index (χ2v) is 41.9. The number of fused-ring (bicyclic) bond motifs is 21. The van der Waals surface area contributed by atoms with E-state index in [9.17, 15) is 0 Å². The minimum Gasteiger partial charge on any atom is -0.423 e. The van der Waals surface area contributed by atoms with Crippen LogP contribution in [0.1, 0.15) is 33.4 Å². The van der Waals surface area contributed by atoms with Gasteiger partial charge >= 0.3 is 7.12 Å². The standard InChI is InChI=1S/2C43H29N.C30H20BrN.C13H11BO2.C12H7BrS/c2*1-3-11-29(12-4-1)35-24-36(30-13-5-2-6-14-30)26-37(25-35)44-42-18-10-9-17-39(42)41-28-32(21-22-43(41)44)31-19-20-34-23-33-15-7-8-16-38(33)40(34)27-31;31-25-15-16-30-28(20-25)27-13-7-8-14-29(27)32(30)26-18-23(21-9-3-1-4-10-21)17-24(19-26)22-11-5-2-6-12-22;15-14(16)11-6-5-10-7-9-3-1-2-4-12(9)13(10)8-11;13-8-5-6-12-10(7-8)9-3-1-2-4-11(9)14-12/h2*1-22,24-28H,23H2;1-20H;1-6,8,15-16H,7H2;1-7H. The number of hydrogen-bond acceptors (Lipinski definition) is 3. The Morgan fingerprint density at radius 3 is 0.800 bits per heavy atom. The second kappa shape index (κ2) is 40.1. The van der Waals surface area contributed by atoms with Gasteiger partial charge in [0.25, 0.3) is 0 Å². The van der Waals surface area contributed by atoms with Crippen molar-refractivity contribution in [2.45, 2.75) is 19.3 Å². The predicted octanol–water partition coefficient (Wildman–Crippen LogP) is 37.3. The van der Waals surface area contributed by atoms with Crippen molar-refractivity contribution >= 4 is 141 Å². The Bertz CT molecular complexity index is 9350. The minimum atomic E-state index is -1.39. The van der Waals surface area contributed by atoms with E-state index in [0.717, 1.165) is 33.8 Å². The molecule has 0 saturated carbocycles. The summed E-state index contributed by atoms with van der Waals surface area (Å²) in [6, 6.07) is 192. The molecule has 0 saturated heterocycles. The van der Waals surface area contributed by atoms with Crippen LogP contribution in [0.5, 0.6) is 0 Å². The highest BCUT2D eigenvalue weighted by atomic mass is 79.9. The molecular formula is C141H96BBr2N3O2S. The van der Waals surface area contributed by atoms with Gasteiger partial charge in [-0.2, -0.15) is 0 Å². The van der Waals surface area contributed by atoms with Crippen molar-refractivity contribution in [1.29, 1.82) is 0 Å². The third-order valence-corrected chi connectivity index (χ3v) is 32.0. The maximum Gasteiger partial charge on any atom is 0.488 e. The Hall–Kier alpha value is -17.4. The van der Waals surface area contributed by atoms with E-state index >= 15 is 0 Å². The van der Waals surface area contributed by atoms with E-state index in [1.54, 1.807) is 6.07 Å². The molecule has 27 aromatic rings. The van der Waals surface area contributed by atoms with Crippen molar-refractivity contribution in [3.05, 3.63) is 576 Å². The van der Waals surface area contributed by atoms with Gasteiger partial charge in [0.2, 0.25) is 0 Å². The Balaban J connectivity index is 0.000000100. The van der Waals surface area contributed by atoms with Gasteiger partial charge in [-0.25, -0.2) is 0 Å². The monoisotopic (exact) mass is 2060 g/mol. The SMILES string of the molecule is Brc1ccc2c(c1)c1ccccc1n2-c1cc(-c2ccccc2)cc(-c2ccccc2)c1.Brc1ccc2sc3ccccc3c2c1.OB(O)c1ccc2c(c1)-c1ccccc1C2.c1ccc(-c2cc(-c3ccccc3)cc(-n3c4ccccc4c4cc(-c5ccc6c(c5)-c5ccccc5C6)ccc43)c2)cc1.c1ccc(-c2cc(-c3ccccc3)cc(-n3c4ccccc4c4cc(-c5ccc6c(c5)-c5ccccc5C6)ccc43)c2)cc1. The molecule has 5 nitrogen and oxygen atoms in total. The van der Waals surface area contributed by atoms with Gasteiger partial charge in [-0.05, 0) is 332 Å². The molecule has 0 fully saturated rings. The van der Waals surface area contributed by atoms with Crippen molar-refractivity contribution in [3.8, 4) is 139 Å². The lowest BCUT2D eigenvalue weighted by Crippen LogP contribution is -2.29. The molecule has 0 bridgehead atoms. The third kappa shape index (κ3) is 17.9. The number of nitrogens with zero attached hydrogens (tertiary/aromatic N) is 3. The zero-order chi connectivity index (χ0) is 100. The summed E-state index contributed by atoms with van der Waals surface area (Å²) in [5.41, 5.74) is 47.0. The molecule has 4 aromatic heterocycles. The Labute approximate surface area is 892 Å². The summed E-state index contributed by atoms with van der Waals surface area (Å²) in [7, 11) is -1.39. The fourth-order valence-electron chi connectivity index (χ4n) is 22.7. The number of rotatable bonds is 12. The normalized spacial score (nSPS) is 11.8. The van der Waals surface area contributed by atoms with Crippen LogP contribution in [0.3, 0.4) is 0 Å². The first-order chi connectivity index (χ1) is 74.0. The van der Waals surface area contributed by atoms with E-state index in [2.05, 4.69) is 549 Å². The van der Waals surface area contributed by atoms with Crippen LogP contribution in [0.2, 0.25) is 0 Å². The van der Waals surface area contributed by atoms with Gasteiger partial charge < -0.3 is 23.7 Å². The summed E-state index contributed by atoms with van der Waals surface area (Å²) in [5.74, 6) is 0. The zero-order valence-electron chi connectivity index (χ0n) is 81.9.